The number of pyridine rings is 1. The number of carbonyl (C=O) groups excluding carboxylic acids is 1. The molecule has 7 nitrogen and oxygen atoms in total. The Kier molecular flexibility index (Phi) is 5.97. The second kappa shape index (κ2) is 8.98. The highest BCUT2D eigenvalue weighted by molar-refractivity contribution is 5.74. The summed E-state index contributed by atoms with van der Waals surface area (Å²) in [6.45, 7) is 7.74. The molecule has 1 aromatic carbocycles. The third kappa shape index (κ3) is 4.30. The zero-order chi connectivity index (χ0) is 20.9. The molecule has 4 rings (SSSR count). The van der Waals surface area contributed by atoms with Crippen molar-refractivity contribution in [2.75, 3.05) is 37.6 Å². The molecule has 2 amide bonds. The first kappa shape index (κ1) is 19.9. The molecule has 0 radical (unpaired) electrons. The first-order valence-electron chi connectivity index (χ1n) is 10.4. The molecule has 7 heteroatoms. The Bertz CT molecular complexity index is 978. The third-order valence-electron chi connectivity index (χ3n) is 5.54. The van der Waals surface area contributed by atoms with Gasteiger partial charge in [-0.1, -0.05) is 36.4 Å². The second-order valence-corrected chi connectivity index (χ2v) is 7.56. The lowest BCUT2D eigenvalue weighted by Gasteiger charge is -2.36. The SMILES string of the molecule is Cc1nn(-c2ccccn2)c(C)c1N1CCN(C(=O)NCCc2ccccc2)CC1. The van der Waals surface area contributed by atoms with Crippen LogP contribution < -0.4 is 10.2 Å². The quantitative estimate of drug-likeness (QED) is 0.710. The molecule has 0 bridgehead atoms. The molecule has 156 valence electrons. The van der Waals surface area contributed by atoms with Crippen molar-refractivity contribution in [3.05, 3.63) is 71.7 Å². The zero-order valence-electron chi connectivity index (χ0n) is 17.6. The number of rotatable bonds is 5. The average Bonchev–Trinajstić information content (AvgIpc) is 3.09. The summed E-state index contributed by atoms with van der Waals surface area (Å²) in [6.07, 6.45) is 2.62. The normalized spacial score (nSPS) is 14.1. The van der Waals surface area contributed by atoms with Gasteiger partial charge >= 0.3 is 6.03 Å². The molecule has 1 aliphatic rings. The molecule has 1 fully saturated rings. The smallest absolute Gasteiger partial charge is 0.317 e. The van der Waals surface area contributed by atoms with Gasteiger partial charge in [-0.05, 0) is 38.0 Å². The lowest BCUT2D eigenvalue weighted by molar-refractivity contribution is 0.194. The monoisotopic (exact) mass is 404 g/mol. The van der Waals surface area contributed by atoms with E-state index in [0.29, 0.717) is 19.6 Å². The molecule has 0 atom stereocenters. The summed E-state index contributed by atoms with van der Waals surface area (Å²) in [5.74, 6) is 0.820. The van der Waals surface area contributed by atoms with Gasteiger partial charge in [0.05, 0.1) is 17.1 Å². The predicted molar refractivity (Wildman–Crippen MR) is 118 cm³/mol. The van der Waals surface area contributed by atoms with Gasteiger partial charge in [0.15, 0.2) is 5.82 Å². The van der Waals surface area contributed by atoms with E-state index in [4.69, 9.17) is 5.10 Å². The van der Waals surface area contributed by atoms with E-state index in [9.17, 15) is 4.79 Å². The maximum atomic E-state index is 12.5. The largest absolute Gasteiger partial charge is 0.365 e. The van der Waals surface area contributed by atoms with Crippen LogP contribution in [0.1, 0.15) is 17.0 Å². The number of aryl methyl sites for hydroxylation is 1. The maximum Gasteiger partial charge on any atom is 0.317 e. The summed E-state index contributed by atoms with van der Waals surface area (Å²) in [5, 5.41) is 7.75. The minimum Gasteiger partial charge on any atom is -0.365 e. The van der Waals surface area contributed by atoms with Crippen LogP contribution in [0.15, 0.2) is 54.7 Å². The third-order valence-corrected chi connectivity index (χ3v) is 5.54. The molecule has 0 unspecified atom stereocenters. The lowest BCUT2D eigenvalue weighted by atomic mass is 10.1. The van der Waals surface area contributed by atoms with Gasteiger partial charge in [0.1, 0.15) is 0 Å². The van der Waals surface area contributed by atoms with E-state index in [-0.39, 0.29) is 6.03 Å². The van der Waals surface area contributed by atoms with Gasteiger partial charge < -0.3 is 15.1 Å². The molecule has 2 aromatic heterocycles. The molecule has 30 heavy (non-hydrogen) atoms. The number of benzene rings is 1. The molecule has 3 heterocycles. The van der Waals surface area contributed by atoms with Crippen LogP contribution in [-0.2, 0) is 6.42 Å². The van der Waals surface area contributed by atoms with Gasteiger partial charge in [-0.3, -0.25) is 0 Å². The fourth-order valence-corrected chi connectivity index (χ4v) is 4.00. The van der Waals surface area contributed by atoms with E-state index in [0.717, 1.165) is 42.4 Å². The summed E-state index contributed by atoms with van der Waals surface area (Å²) in [5.41, 5.74) is 4.44. The Hall–Kier alpha value is -3.35. The van der Waals surface area contributed by atoms with Crippen molar-refractivity contribution in [1.29, 1.82) is 0 Å². The molecule has 1 saturated heterocycles. The molecular weight excluding hydrogens is 376 g/mol. The first-order valence-corrected chi connectivity index (χ1v) is 10.4. The standard InChI is InChI=1S/C23H28N6O/c1-18-22(19(2)29(26-18)21-10-6-7-12-24-21)27-14-16-28(17-15-27)23(30)25-13-11-20-8-4-3-5-9-20/h3-10,12H,11,13-17H2,1-2H3,(H,25,30). The molecule has 0 spiro atoms. The Morgan fingerprint density at radius 1 is 1.00 bits per heavy atom. The van der Waals surface area contributed by atoms with Crippen LogP contribution >= 0.6 is 0 Å². The minimum absolute atomic E-state index is 0.0169. The van der Waals surface area contributed by atoms with Gasteiger partial charge in [0, 0.05) is 38.9 Å². The number of urea groups is 1. The molecule has 0 aliphatic carbocycles. The summed E-state index contributed by atoms with van der Waals surface area (Å²) in [4.78, 5) is 21.2. The predicted octanol–water partition coefficient (Wildman–Crippen LogP) is 2.96. The number of hydrogen-bond acceptors (Lipinski definition) is 4. The van der Waals surface area contributed by atoms with Crippen molar-refractivity contribution in [3.8, 4) is 5.82 Å². The zero-order valence-corrected chi connectivity index (χ0v) is 17.6. The molecule has 1 N–H and O–H groups in total. The molecule has 3 aromatic rings. The van der Waals surface area contributed by atoms with Gasteiger partial charge in [0.25, 0.3) is 0 Å². The van der Waals surface area contributed by atoms with Crippen LogP contribution in [0.25, 0.3) is 5.82 Å². The van der Waals surface area contributed by atoms with Crippen LogP contribution in [0.3, 0.4) is 0 Å². The maximum absolute atomic E-state index is 12.5. The van der Waals surface area contributed by atoms with E-state index in [2.05, 4.69) is 34.3 Å². The number of piperazine rings is 1. The number of aromatic nitrogens is 3. The highest BCUT2D eigenvalue weighted by Gasteiger charge is 2.25. The minimum atomic E-state index is 0.0169. The van der Waals surface area contributed by atoms with Crippen molar-refractivity contribution in [2.45, 2.75) is 20.3 Å². The number of carbonyl (C=O) groups is 1. The van der Waals surface area contributed by atoms with Crippen molar-refractivity contribution < 1.29 is 4.79 Å². The summed E-state index contributed by atoms with van der Waals surface area (Å²) in [6, 6.07) is 16.1. The lowest BCUT2D eigenvalue weighted by Crippen LogP contribution is -2.52. The Morgan fingerprint density at radius 2 is 1.73 bits per heavy atom. The van der Waals surface area contributed by atoms with E-state index in [1.165, 1.54) is 5.56 Å². The molecule has 0 saturated carbocycles. The van der Waals surface area contributed by atoms with Gasteiger partial charge in [0.2, 0.25) is 0 Å². The summed E-state index contributed by atoms with van der Waals surface area (Å²) in [7, 11) is 0. The number of anilines is 1. The Balaban J connectivity index is 1.33. The number of amides is 2. The number of nitrogens with one attached hydrogen (secondary N) is 1. The van der Waals surface area contributed by atoms with Crippen LogP contribution in [-0.4, -0.2) is 58.4 Å². The Labute approximate surface area is 177 Å². The molecule has 1 aliphatic heterocycles. The van der Waals surface area contributed by atoms with Crippen LogP contribution in [0.2, 0.25) is 0 Å². The number of hydrogen-bond donors (Lipinski definition) is 1. The Morgan fingerprint density at radius 3 is 2.43 bits per heavy atom. The van der Waals surface area contributed by atoms with Gasteiger partial charge in [-0.15, -0.1) is 0 Å². The second-order valence-electron chi connectivity index (χ2n) is 7.56. The highest BCUT2D eigenvalue weighted by Crippen LogP contribution is 2.27. The van der Waals surface area contributed by atoms with Crippen molar-refractivity contribution in [3.63, 3.8) is 0 Å². The molecular formula is C23H28N6O. The first-order chi connectivity index (χ1) is 14.6. The highest BCUT2D eigenvalue weighted by atomic mass is 16.2. The van der Waals surface area contributed by atoms with Gasteiger partial charge in [-0.25, -0.2) is 14.5 Å². The van der Waals surface area contributed by atoms with E-state index >= 15 is 0 Å². The van der Waals surface area contributed by atoms with Crippen LogP contribution in [0.4, 0.5) is 10.5 Å². The van der Waals surface area contributed by atoms with Crippen LogP contribution in [0, 0.1) is 13.8 Å². The van der Waals surface area contributed by atoms with Crippen LogP contribution in [0.5, 0.6) is 0 Å². The fourth-order valence-electron chi connectivity index (χ4n) is 4.00. The summed E-state index contributed by atoms with van der Waals surface area (Å²) >= 11 is 0. The van der Waals surface area contributed by atoms with E-state index in [1.54, 1.807) is 6.20 Å². The summed E-state index contributed by atoms with van der Waals surface area (Å²) < 4.78 is 1.90. The van der Waals surface area contributed by atoms with Crippen molar-refractivity contribution in [1.82, 2.24) is 25.0 Å². The average molecular weight is 405 g/mol. The van der Waals surface area contributed by atoms with E-state index < -0.39 is 0 Å². The fraction of sp³-hybridized carbons (Fsp3) is 0.348. The van der Waals surface area contributed by atoms with Crippen molar-refractivity contribution in [2.24, 2.45) is 0 Å². The van der Waals surface area contributed by atoms with E-state index in [1.807, 2.05) is 52.9 Å². The van der Waals surface area contributed by atoms with Crippen molar-refractivity contribution >= 4 is 11.7 Å². The number of nitrogens with zero attached hydrogens (tertiary/aromatic N) is 5. The topological polar surface area (TPSA) is 66.3 Å². The van der Waals surface area contributed by atoms with Gasteiger partial charge in [-0.2, -0.15) is 5.10 Å².